The van der Waals surface area contributed by atoms with Gasteiger partial charge in [-0.3, -0.25) is 14.9 Å². The van der Waals surface area contributed by atoms with Crippen LogP contribution in [0.1, 0.15) is 41.8 Å². The summed E-state index contributed by atoms with van der Waals surface area (Å²) in [4.78, 5) is 11.9. The normalized spacial score (nSPS) is 16.8. The van der Waals surface area contributed by atoms with Crippen LogP contribution in [0.5, 0.6) is 11.5 Å². The number of piperidine rings is 1. The van der Waals surface area contributed by atoms with Crippen molar-refractivity contribution in [1.29, 1.82) is 0 Å². The number of nitrogens with one attached hydrogen (secondary N) is 1. The van der Waals surface area contributed by atoms with E-state index < -0.39 is 0 Å². The Kier molecular flexibility index (Phi) is 5.87. The van der Waals surface area contributed by atoms with E-state index in [0.29, 0.717) is 6.04 Å². The van der Waals surface area contributed by atoms with Crippen molar-refractivity contribution in [2.45, 2.75) is 51.6 Å². The molecule has 2 aliphatic rings. The quantitative estimate of drug-likeness (QED) is 0.618. The number of pyridine rings is 2. The largest absolute Gasteiger partial charge is 0.493 e. The van der Waals surface area contributed by atoms with Crippen LogP contribution in [-0.4, -0.2) is 48.2 Å². The molecule has 0 bridgehead atoms. The van der Waals surface area contributed by atoms with Crippen LogP contribution in [-0.2, 0) is 19.4 Å². The first-order valence-electron chi connectivity index (χ1n) is 11.6. The number of aryl methyl sites for hydroxylation is 2. The van der Waals surface area contributed by atoms with Gasteiger partial charge < -0.3 is 14.8 Å². The summed E-state index contributed by atoms with van der Waals surface area (Å²) in [5, 5.41) is 5.07. The second kappa shape index (κ2) is 8.94. The number of fused-ring (bicyclic) bond motifs is 2. The highest BCUT2D eigenvalue weighted by atomic mass is 16.5. The van der Waals surface area contributed by atoms with Gasteiger partial charge in [-0.1, -0.05) is 6.07 Å². The minimum atomic E-state index is 0.464. The fraction of sp³-hybridized carbons (Fsp3) is 0.462. The van der Waals surface area contributed by atoms with E-state index in [-0.39, 0.29) is 0 Å². The molecule has 1 aliphatic heterocycles. The molecule has 6 nitrogen and oxygen atoms in total. The highest BCUT2D eigenvalue weighted by molar-refractivity contribution is 5.96. The maximum Gasteiger partial charge on any atom is 0.162 e. The molecule has 168 valence electrons. The highest BCUT2D eigenvalue weighted by Gasteiger charge is 2.25. The first-order valence-corrected chi connectivity index (χ1v) is 11.6. The second-order valence-corrected chi connectivity index (χ2v) is 8.99. The molecule has 1 saturated heterocycles. The number of likely N-dealkylation sites (tertiary alicyclic amines) is 1. The monoisotopic (exact) mass is 432 g/mol. The van der Waals surface area contributed by atoms with Crippen molar-refractivity contribution in [1.82, 2.24) is 14.9 Å². The summed E-state index contributed by atoms with van der Waals surface area (Å²) in [5.41, 5.74) is 7.22. The van der Waals surface area contributed by atoms with E-state index >= 15 is 0 Å². The molecule has 1 aromatic carbocycles. The van der Waals surface area contributed by atoms with Gasteiger partial charge >= 0.3 is 0 Å². The van der Waals surface area contributed by atoms with Crippen molar-refractivity contribution in [3.63, 3.8) is 0 Å². The summed E-state index contributed by atoms with van der Waals surface area (Å²) >= 11 is 0. The maximum absolute atomic E-state index is 5.59. The standard InChI is InChI=1S/C26H32N4O2/c1-17-7-8-18(15-27-17)16-30-11-9-19(10-12-30)28-26-20-5-4-6-22(20)29-23-14-25(32-3)24(31-2)13-21(23)26/h7-8,13-15,19H,4-6,9-12,16H2,1-3H3,(H,28,29). The molecule has 32 heavy (non-hydrogen) atoms. The van der Waals surface area contributed by atoms with Crippen LogP contribution in [0.4, 0.5) is 5.69 Å². The Bertz CT molecular complexity index is 1110. The Morgan fingerprint density at radius 2 is 1.84 bits per heavy atom. The summed E-state index contributed by atoms with van der Waals surface area (Å²) in [7, 11) is 3.37. The van der Waals surface area contributed by atoms with Crippen LogP contribution < -0.4 is 14.8 Å². The Balaban J connectivity index is 1.35. The average molecular weight is 433 g/mol. The van der Waals surface area contributed by atoms with Gasteiger partial charge in [-0.25, -0.2) is 0 Å². The number of anilines is 1. The van der Waals surface area contributed by atoms with Gasteiger partial charge in [-0.2, -0.15) is 0 Å². The van der Waals surface area contributed by atoms with Gasteiger partial charge in [0, 0.05) is 60.4 Å². The lowest BCUT2D eigenvalue weighted by atomic mass is 10.0. The third-order valence-corrected chi connectivity index (χ3v) is 6.83. The molecule has 0 spiro atoms. The Hall–Kier alpha value is -2.86. The average Bonchev–Trinajstić information content (AvgIpc) is 3.29. The predicted molar refractivity (Wildman–Crippen MR) is 128 cm³/mol. The summed E-state index contributed by atoms with van der Waals surface area (Å²) in [6.45, 7) is 5.19. The van der Waals surface area contributed by atoms with E-state index in [4.69, 9.17) is 14.5 Å². The molecular weight excluding hydrogens is 400 g/mol. The Morgan fingerprint density at radius 3 is 2.56 bits per heavy atom. The van der Waals surface area contributed by atoms with Crippen LogP contribution in [0, 0.1) is 6.92 Å². The molecule has 3 heterocycles. The highest BCUT2D eigenvalue weighted by Crippen LogP contribution is 2.40. The number of hydrogen-bond acceptors (Lipinski definition) is 6. The lowest BCUT2D eigenvalue weighted by Crippen LogP contribution is -2.38. The number of rotatable bonds is 6. The first kappa shape index (κ1) is 21.0. The topological polar surface area (TPSA) is 59.5 Å². The van der Waals surface area contributed by atoms with Crippen LogP contribution >= 0.6 is 0 Å². The lowest BCUT2D eigenvalue weighted by Gasteiger charge is -2.33. The van der Waals surface area contributed by atoms with Crippen LogP contribution in [0.15, 0.2) is 30.5 Å². The van der Waals surface area contributed by atoms with Crippen LogP contribution in [0.2, 0.25) is 0 Å². The van der Waals surface area contributed by atoms with E-state index in [1.54, 1.807) is 14.2 Å². The molecule has 1 N–H and O–H groups in total. The van der Waals surface area contributed by atoms with Gasteiger partial charge in [0.15, 0.2) is 11.5 Å². The first-order chi connectivity index (χ1) is 15.6. The van der Waals surface area contributed by atoms with Crippen molar-refractivity contribution >= 4 is 16.6 Å². The zero-order valence-corrected chi connectivity index (χ0v) is 19.3. The second-order valence-electron chi connectivity index (χ2n) is 8.99. The zero-order valence-electron chi connectivity index (χ0n) is 19.3. The summed E-state index contributed by atoms with van der Waals surface area (Å²) in [5.74, 6) is 1.49. The minimum Gasteiger partial charge on any atom is -0.493 e. The molecule has 0 atom stereocenters. The number of benzene rings is 1. The minimum absolute atomic E-state index is 0.464. The van der Waals surface area contributed by atoms with Crippen molar-refractivity contribution in [2.24, 2.45) is 0 Å². The molecule has 2 aromatic heterocycles. The summed E-state index contributed by atoms with van der Waals surface area (Å²) in [6.07, 6.45) is 7.58. The van der Waals surface area contributed by atoms with Crippen LogP contribution in [0.25, 0.3) is 10.9 Å². The van der Waals surface area contributed by atoms with E-state index in [0.717, 1.165) is 73.4 Å². The number of methoxy groups -OCH3 is 2. The predicted octanol–water partition coefficient (Wildman–Crippen LogP) is 4.52. The molecule has 1 aliphatic carbocycles. The molecule has 1 fully saturated rings. The van der Waals surface area contributed by atoms with Gasteiger partial charge in [-0.15, -0.1) is 0 Å². The number of nitrogens with zero attached hydrogens (tertiary/aromatic N) is 3. The molecule has 0 radical (unpaired) electrons. The van der Waals surface area contributed by atoms with Crippen molar-refractivity contribution in [2.75, 3.05) is 32.6 Å². The van der Waals surface area contributed by atoms with Gasteiger partial charge in [-0.05, 0) is 62.3 Å². The number of hydrogen-bond donors (Lipinski definition) is 1. The number of ether oxygens (including phenoxy) is 2. The maximum atomic E-state index is 5.59. The molecule has 0 unspecified atom stereocenters. The third-order valence-electron chi connectivity index (χ3n) is 6.83. The van der Waals surface area contributed by atoms with Gasteiger partial charge in [0.05, 0.1) is 19.7 Å². The molecular formula is C26H32N4O2. The third kappa shape index (κ3) is 4.11. The summed E-state index contributed by atoms with van der Waals surface area (Å²) < 4.78 is 11.1. The molecule has 3 aromatic rings. The fourth-order valence-electron chi connectivity index (χ4n) is 5.04. The van der Waals surface area contributed by atoms with Gasteiger partial charge in [0.25, 0.3) is 0 Å². The molecule has 0 saturated carbocycles. The van der Waals surface area contributed by atoms with Gasteiger partial charge in [0.2, 0.25) is 0 Å². The van der Waals surface area contributed by atoms with E-state index in [1.807, 2.05) is 19.2 Å². The van der Waals surface area contributed by atoms with E-state index in [9.17, 15) is 0 Å². The summed E-state index contributed by atoms with van der Waals surface area (Å²) in [6, 6.07) is 8.85. The molecule has 0 amide bonds. The Morgan fingerprint density at radius 1 is 1.06 bits per heavy atom. The van der Waals surface area contributed by atoms with Crippen molar-refractivity contribution in [3.8, 4) is 11.5 Å². The number of aromatic nitrogens is 2. The Labute approximate surface area is 190 Å². The molecule has 6 heteroatoms. The van der Waals surface area contributed by atoms with Crippen molar-refractivity contribution in [3.05, 3.63) is 53.0 Å². The lowest BCUT2D eigenvalue weighted by molar-refractivity contribution is 0.211. The fourth-order valence-corrected chi connectivity index (χ4v) is 5.04. The van der Waals surface area contributed by atoms with E-state index in [2.05, 4.69) is 33.4 Å². The van der Waals surface area contributed by atoms with E-state index in [1.165, 1.54) is 28.9 Å². The van der Waals surface area contributed by atoms with Crippen molar-refractivity contribution < 1.29 is 9.47 Å². The van der Waals surface area contributed by atoms with Crippen LogP contribution in [0.3, 0.4) is 0 Å². The molecule has 5 rings (SSSR count). The zero-order chi connectivity index (χ0) is 22.1. The smallest absolute Gasteiger partial charge is 0.162 e. The SMILES string of the molecule is COc1cc2nc3c(c(NC4CCN(Cc5ccc(C)nc5)CC4)c2cc1OC)CCC3. The van der Waals surface area contributed by atoms with Gasteiger partial charge in [0.1, 0.15) is 0 Å².